The summed E-state index contributed by atoms with van der Waals surface area (Å²) in [6, 6.07) is 9.71. The largest absolute Gasteiger partial charge is 0.477 e. The minimum atomic E-state index is -1.19. The van der Waals surface area contributed by atoms with Crippen molar-refractivity contribution in [2.24, 2.45) is 0 Å². The van der Waals surface area contributed by atoms with Gasteiger partial charge in [0.2, 0.25) is 0 Å². The minimum absolute atomic E-state index is 0.0245. The van der Waals surface area contributed by atoms with Gasteiger partial charge in [-0.2, -0.15) is 0 Å². The van der Waals surface area contributed by atoms with E-state index >= 15 is 0 Å². The Morgan fingerprint density at radius 2 is 1.69 bits per heavy atom. The highest BCUT2D eigenvalue weighted by atomic mass is 16.4. The summed E-state index contributed by atoms with van der Waals surface area (Å²) in [6.45, 7) is 5.43. The molecule has 2 aromatic rings. The van der Waals surface area contributed by atoms with E-state index in [1.165, 1.54) is 18.3 Å². The first-order chi connectivity index (χ1) is 12.5. The topological polar surface area (TPSA) is 99.6 Å². The van der Waals surface area contributed by atoms with Crippen LogP contribution in [0.5, 0.6) is 0 Å². The van der Waals surface area contributed by atoms with Crippen molar-refractivity contribution in [3.8, 4) is 0 Å². The Morgan fingerprint density at radius 1 is 1.04 bits per heavy atom. The predicted molar refractivity (Wildman–Crippen MR) is 96.1 cm³/mol. The average Bonchev–Trinajstić information content (AvgIpc) is 2.67. The molecule has 7 nitrogen and oxygen atoms in total. The summed E-state index contributed by atoms with van der Waals surface area (Å²) in [5.41, 5.74) is 1.48. The van der Waals surface area contributed by atoms with Crippen molar-refractivity contribution in [2.45, 2.75) is 20.4 Å². The van der Waals surface area contributed by atoms with Crippen molar-refractivity contribution >= 4 is 17.8 Å². The Morgan fingerprint density at radius 3 is 2.27 bits per heavy atom. The maximum Gasteiger partial charge on any atom is 0.354 e. The average molecular weight is 355 g/mol. The molecule has 1 aromatic heterocycles. The molecule has 0 aliphatic rings. The molecule has 0 saturated carbocycles. The van der Waals surface area contributed by atoms with Crippen LogP contribution in [0, 0.1) is 0 Å². The highest BCUT2D eigenvalue weighted by Gasteiger charge is 2.13. The second-order valence-electron chi connectivity index (χ2n) is 5.59. The van der Waals surface area contributed by atoms with Crippen LogP contribution in [-0.2, 0) is 6.54 Å². The van der Waals surface area contributed by atoms with Crippen LogP contribution in [0.3, 0.4) is 0 Å². The Balaban J connectivity index is 1.99. The molecule has 0 bridgehead atoms. The zero-order valence-corrected chi connectivity index (χ0v) is 14.7. The normalized spacial score (nSPS) is 10.2. The van der Waals surface area contributed by atoms with Crippen LogP contribution >= 0.6 is 0 Å². The van der Waals surface area contributed by atoms with Gasteiger partial charge in [-0.05, 0) is 43.7 Å². The van der Waals surface area contributed by atoms with Gasteiger partial charge in [0.25, 0.3) is 11.8 Å². The summed E-state index contributed by atoms with van der Waals surface area (Å²) in [6.07, 6.45) is 1.28. The number of benzene rings is 1. The van der Waals surface area contributed by atoms with Gasteiger partial charge in [0.1, 0.15) is 5.69 Å². The number of hydrogen-bond acceptors (Lipinski definition) is 4. The van der Waals surface area contributed by atoms with Crippen LogP contribution in [0.15, 0.2) is 42.6 Å². The van der Waals surface area contributed by atoms with E-state index in [9.17, 15) is 14.4 Å². The number of aromatic nitrogens is 1. The number of pyridine rings is 1. The van der Waals surface area contributed by atoms with Gasteiger partial charge < -0.3 is 15.3 Å². The number of aromatic carboxylic acids is 1. The number of nitrogens with zero attached hydrogens (tertiary/aromatic N) is 2. The third-order valence-corrected chi connectivity index (χ3v) is 3.95. The van der Waals surface area contributed by atoms with Gasteiger partial charge in [-0.1, -0.05) is 12.1 Å². The fourth-order valence-corrected chi connectivity index (χ4v) is 2.43. The number of carbonyl (C=O) groups is 3. The van der Waals surface area contributed by atoms with Gasteiger partial charge in [-0.3, -0.25) is 9.59 Å². The lowest BCUT2D eigenvalue weighted by molar-refractivity contribution is 0.0689. The molecule has 0 saturated heterocycles. The molecule has 136 valence electrons. The lowest BCUT2D eigenvalue weighted by Gasteiger charge is -2.18. The number of carbonyl (C=O) groups excluding carboxylic acids is 2. The predicted octanol–water partition coefficient (Wildman–Crippen LogP) is 2.19. The van der Waals surface area contributed by atoms with E-state index in [1.54, 1.807) is 29.2 Å². The van der Waals surface area contributed by atoms with Gasteiger partial charge >= 0.3 is 5.97 Å². The molecule has 26 heavy (non-hydrogen) atoms. The van der Waals surface area contributed by atoms with E-state index in [4.69, 9.17) is 5.11 Å². The molecule has 0 aliphatic heterocycles. The number of rotatable bonds is 7. The number of hydrogen-bond donors (Lipinski definition) is 2. The molecule has 2 N–H and O–H groups in total. The van der Waals surface area contributed by atoms with Gasteiger partial charge in [-0.25, -0.2) is 9.78 Å². The summed E-state index contributed by atoms with van der Waals surface area (Å²) in [7, 11) is 0. The molecule has 7 heteroatoms. The summed E-state index contributed by atoms with van der Waals surface area (Å²) in [5, 5.41) is 11.6. The van der Waals surface area contributed by atoms with Crippen molar-refractivity contribution in [3.63, 3.8) is 0 Å². The molecule has 0 aliphatic carbocycles. The summed E-state index contributed by atoms with van der Waals surface area (Å²) in [5.74, 6) is -1.60. The molecule has 0 radical (unpaired) electrons. The van der Waals surface area contributed by atoms with Gasteiger partial charge in [0.15, 0.2) is 0 Å². The third kappa shape index (κ3) is 4.66. The number of carboxylic acids is 1. The van der Waals surface area contributed by atoms with E-state index in [1.807, 2.05) is 13.8 Å². The van der Waals surface area contributed by atoms with E-state index < -0.39 is 11.9 Å². The van der Waals surface area contributed by atoms with Crippen LogP contribution in [0.25, 0.3) is 0 Å². The standard InChI is InChI=1S/C19H21N3O4/c1-3-22(4-2)18(24)14-7-5-13(6-8-14)12-21-17(23)15-9-10-20-16(11-15)19(25)26/h5-11H,3-4,12H2,1-2H3,(H,21,23)(H,25,26). The molecule has 0 fully saturated rings. The number of carboxylic acid groups (broad SMARTS) is 1. The van der Waals surface area contributed by atoms with Crippen LogP contribution in [0.4, 0.5) is 0 Å². The number of amides is 2. The van der Waals surface area contributed by atoms with Gasteiger partial charge in [0.05, 0.1) is 0 Å². The highest BCUT2D eigenvalue weighted by Crippen LogP contribution is 2.09. The van der Waals surface area contributed by atoms with Crippen molar-refractivity contribution in [1.29, 1.82) is 0 Å². The maximum absolute atomic E-state index is 12.3. The monoisotopic (exact) mass is 355 g/mol. The molecule has 2 amide bonds. The zero-order chi connectivity index (χ0) is 19.1. The molecule has 0 atom stereocenters. The quantitative estimate of drug-likeness (QED) is 0.793. The molecule has 0 unspecified atom stereocenters. The van der Waals surface area contributed by atoms with E-state index in [-0.39, 0.29) is 23.7 Å². The van der Waals surface area contributed by atoms with Gasteiger partial charge in [-0.15, -0.1) is 0 Å². The molecule has 0 spiro atoms. The van der Waals surface area contributed by atoms with E-state index in [0.29, 0.717) is 18.7 Å². The van der Waals surface area contributed by atoms with Crippen LogP contribution in [-0.4, -0.2) is 45.9 Å². The highest BCUT2D eigenvalue weighted by molar-refractivity contribution is 5.96. The smallest absolute Gasteiger partial charge is 0.354 e. The molecule has 1 aromatic carbocycles. The summed E-state index contributed by atoms with van der Waals surface area (Å²) >= 11 is 0. The lowest BCUT2D eigenvalue weighted by Crippen LogP contribution is -2.30. The Bertz CT molecular complexity index is 799. The Labute approximate surface area is 151 Å². The van der Waals surface area contributed by atoms with Crippen molar-refractivity contribution in [3.05, 3.63) is 65.0 Å². The van der Waals surface area contributed by atoms with E-state index in [0.717, 1.165) is 5.56 Å². The first kappa shape index (κ1) is 19.1. The molecule has 1 heterocycles. The summed E-state index contributed by atoms with van der Waals surface area (Å²) in [4.78, 5) is 40.7. The summed E-state index contributed by atoms with van der Waals surface area (Å²) < 4.78 is 0. The molecule has 2 rings (SSSR count). The second kappa shape index (κ2) is 8.75. The third-order valence-electron chi connectivity index (χ3n) is 3.95. The fourth-order valence-electron chi connectivity index (χ4n) is 2.43. The Hall–Kier alpha value is -3.22. The van der Waals surface area contributed by atoms with Crippen molar-refractivity contribution < 1.29 is 19.5 Å². The minimum Gasteiger partial charge on any atom is -0.477 e. The van der Waals surface area contributed by atoms with Crippen LogP contribution in [0.2, 0.25) is 0 Å². The zero-order valence-electron chi connectivity index (χ0n) is 14.7. The Kier molecular flexibility index (Phi) is 6.43. The second-order valence-corrected chi connectivity index (χ2v) is 5.59. The van der Waals surface area contributed by atoms with Crippen molar-refractivity contribution in [2.75, 3.05) is 13.1 Å². The van der Waals surface area contributed by atoms with E-state index in [2.05, 4.69) is 10.3 Å². The molecular weight excluding hydrogens is 334 g/mol. The van der Waals surface area contributed by atoms with Crippen LogP contribution in [0.1, 0.15) is 50.6 Å². The maximum atomic E-state index is 12.3. The number of nitrogens with one attached hydrogen (secondary N) is 1. The first-order valence-electron chi connectivity index (χ1n) is 8.32. The first-order valence-corrected chi connectivity index (χ1v) is 8.32. The lowest BCUT2D eigenvalue weighted by atomic mass is 10.1. The molecular formula is C19H21N3O4. The van der Waals surface area contributed by atoms with Crippen molar-refractivity contribution in [1.82, 2.24) is 15.2 Å². The van der Waals surface area contributed by atoms with Crippen LogP contribution < -0.4 is 5.32 Å². The fraction of sp³-hybridized carbons (Fsp3) is 0.263. The SMILES string of the molecule is CCN(CC)C(=O)c1ccc(CNC(=O)c2ccnc(C(=O)O)c2)cc1. The van der Waals surface area contributed by atoms with Gasteiger partial charge in [0, 0.05) is 37.0 Å².